The van der Waals surface area contributed by atoms with E-state index in [4.69, 9.17) is 44.3 Å². The van der Waals surface area contributed by atoms with E-state index in [0.29, 0.717) is 80.3 Å². The molecule has 0 amide bonds. The third-order valence-electron chi connectivity index (χ3n) is 23.2. The summed E-state index contributed by atoms with van der Waals surface area (Å²) in [6.07, 6.45) is 14.7. The van der Waals surface area contributed by atoms with Crippen LogP contribution in [0.4, 0.5) is 69.5 Å². The molecule has 23 nitrogen and oxygen atoms in total. The zero-order valence-corrected chi connectivity index (χ0v) is 88.6. The Kier molecular flexibility index (Phi) is 33.6. The maximum Gasteiger partial charge on any atom is 0.308 e. The standard InChI is InChI=1S/C34H35N4O.C30H21N4O2.C26H22N5O.C26H20N5O.4Pt/c1-33(2,3)24-14-11-15-25(34(4,5)6)32(24)38(31-21-20-28(37-31)27-16-9-10-22-35-27)30-19-12-17-26(36-30)23-13-7-8-18-29(23)39;1-20-29(24-12-5-6-15-27(24)35)33-30(36-20)34(26-14-7-11-22-19-31-18-17-23(22)26)28-16-8-13-25(32-28)21-9-3-2-4-10-21;1-29-17-23(27-25(29)19-11-5-3-6-12-19)31(20-13-7-4-8-14-20)24-18-30(2)26(28-24)21-15-9-10-16-22(21)32;1-30-18-25(29-26(30)21-12-5-6-14-23(21)32)31(20-11-8-16-27-17-20)24-15-7-13-22(28-24)19-9-3-2-4-10-19;;;;/h7-22H,1-6H3,(H-,35,36,37,39);2-9,11-19,35H,1H3;3-11,13-18,32H,1-2H3;2-9,11-18,32H,1H3;;;;/q4*-1;;;;. The number of imidazole rings is 3. The van der Waals surface area contributed by atoms with Crippen LogP contribution in [0.1, 0.15) is 58.4 Å². The van der Waals surface area contributed by atoms with Crippen LogP contribution >= 0.6 is 0 Å². The normalized spacial score (nSPS) is 10.9. The molecule has 21 aromatic rings. The number of aromatic nitrogens is 14. The van der Waals surface area contributed by atoms with Crippen molar-refractivity contribution in [1.82, 2.24) is 68.5 Å². The van der Waals surface area contributed by atoms with E-state index in [9.17, 15) is 20.4 Å². The van der Waals surface area contributed by atoms with E-state index in [1.807, 2.05) is 360 Å². The van der Waals surface area contributed by atoms with E-state index in [1.54, 1.807) is 67.3 Å². The second-order valence-electron chi connectivity index (χ2n) is 34.9. The fraction of sp³-hybridized carbons (Fsp3) is 0.103. The number of hydrogen-bond acceptors (Lipinski definition) is 19. The van der Waals surface area contributed by atoms with Gasteiger partial charge in [-0.2, -0.15) is 4.98 Å². The van der Waals surface area contributed by atoms with Gasteiger partial charge in [0.2, 0.25) is 0 Å². The molecular formula is C116H98N18O5Pt4-4. The average Bonchev–Trinajstić information content (AvgIpc) is 1.25. The minimum Gasteiger partial charge on any atom is -0.507 e. The molecule has 27 heteroatoms. The molecule has 4 N–H and O–H groups in total. The molecule has 10 aromatic carbocycles. The predicted molar refractivity (Wildman–Crippen MR) is 551 cm³/mol. The van der Waals surface area contributed by atoms with E-state index in [0.717, 1.165) is 96.3 Å². The van der Waals surface area contributed by atoms with Gasteiger partial charge in [-0.15, -0.1) is 108 Å². The number of phenolic OH excluding ortho intramolecular Hbond substituents is 4. The van der Waals surface area contributed by atoms with Crippen LogP contribution in [0.2, 0.25) is 0 Å². The monoisotopic (exact) mass is 2600 g/mol. The molecule has 0 saturated carbocycles. The van der Waals surface area contributed by atoms with Gasteiger partial charge in [-0.3, -0.25) is 44.7 Å². The van der Waals surface area contributed by atoms with Crippen molar-refractivity contribution >= 4 is 80.3 Å². The van der Waals surface area contributed by atoms with Gasteiger partial charge < -0.3 is 48.4 Å². The number of para-hydroxylation sites is 6. The summed E-state index contributed by atoms with van der Waals surface area (Å²) in [7, 11) is 5.80. The minimum atomic E-state index is -0.138. The van der Waals surface area contributed by atoms with Gasteiger partial charge in [-0.25, -0.2) is 14.9 Å². The summed E-state index contributed by atoms with van der Waals surface area (Å²) in [6.45, 7) is 15.3. The number of aryl methyl sites for hydroxylation is 4. The van der Waals surface area contributed by atoms with Crippen LogP contribution in [-0.2, 0) is 116 Å². The Morgan fingerprint density at radius 3 is 1.29 bits per heavy atom. The van der Waals surface area contributed by atoms with Crippen molar-refractivity contribution in [2.75, 3.05) is 19.6 Å². The number of pyridine rings is 6. The zero-order valence-electron chi connectivity index (χ0n) is 79.5. The molecule has 0 aliphatic carbocycles. The van der Waals surface area contributed by atoms with Crippen LogP contribution in [-0.4, -0.2) is 84.0 Å². The Labute approximate surface area is 888 Å². The van der Waals surface area contributed by atoms with Gasteiger partial charge in [-0.05, 0) is 173 Å². The molecule has 0 fully saturated rings. The van der Waals surface area contributed by atoms with Gasteiger partial charge in [0.15, 0.2) is 11.6 Å². The summed E-state index contributed by atoms with van der Waals surface area (Å²) < 4.78 is 12.0. The summed E-state index contributed by atoms with van der Waals surface area (Å²) >= 11 is 0. The number of aromatic hydroxyl groups is 4. The van der Waals surface area contributed by atoms with Crippen molar-refractivity contribution in [3.63, 3.8) is 0 Å². The number of rotatable bonds is 20. The van der Waals surface area contributed by atoms with Crippen LogP contribution in [0.15, 0.2) is 394 Å². The van der Waals surface area contributed by atoms with Gasteiger partial charge in [-0.1, -0.05) is 193 Å². The fourth-order valence-electron chi connectivity index (χ4n) is 16.5. The number of fused-ring (bicyclic) bond motifs is 1. The first-order valence-corrected chi connectivity index (χ1v) is 45.3. The van der Waals surface area contributed by atoms with Crippen LogP contribution in [0, 0.1) is 25.1 Å². The first kappa shape index (κ1) is 103. The van der Waals surface area contributed by atoms with Crippen molar-refractivity contribution in [2.45, 2.75) is 59.3 Å². The number of benzene rings is 10. The topological polar surface area (TPSA) is 265 Å². The van der Waals surface area contributed by atoms with Gasteiger partial charge in [0.1, 0.15) is 63.6 Å². The largest absolute Gasteiger partial charge is 0.507 e. The molecule has 0 radical (unpaired) electrons. The fourth-order valence-corrected chi connectivity index (χ4v) is 16.5. The SMILES string of the molecule is CC(C)(C)c1cccc(C(C)(C)C)c1N(c1cccc(-c2ccccc2O)n1)c1ccc(-c2ccccn2)[n-]1.Cc1oc(N(c2cccc(-c3[c-]cccc3)n2)c2cccc3cnccc23)nc1-c1ccccc1O.Cn1cc(N(c2ccccc2)c2cn(C)c(-c3ccccc3O)n2)nc1-c1[c-]cccc1.Cn1cc(N(c2cccnc2)c2cccc(-c3[c-]cccc3)n2)nc1-c1ccccc1O.[Pt].[Pt].[Pt].[Pt]. The number of nitrogens with zero attached hydrogens (tertiary/aromatic N) is 18. The van der Waals surface area contributed by atoms with Crippen molar-refractivity contribution in [1.29, 1.82) is 0 Å². The van der Waals surface area contributed by atoms with Crippen LogP contribution in [0.3, 0.4) is 0 Å². The molecule has 0 saturated heterocycles. The summed E-state index contributed by atoms with van der Waals surface area (Å²) in [5.74, 6) is 8.39. The molecule has 143 heavy (non-hydrogen) atoms. The molecule has 0 aliphatic heterocycles. The van der Waals surface area contributed by atoms with E-state index >= 15 is 0 Å². The second-order valence-corrected chi connectivity index (χ2v) is 34.9. The Balaban J connectivity index is 0.000000150. The summed E-state index contributed by atoms with van der Waals surface area (Å²) in [4.78, 5) is 60.6. The minimum absolute atomic E-state index is 0. The van der Waals surface area contributed by atoms with Crippen LogP contribution < -0.4 is 24.6 Å². The maximum atomic E-state index is 10.6. The average molecular weight is 2600 g/mol. The van der Waals surface area contributed by atoms with Crippen molar-refractivity contribution < 1.29 is 109 Å². The van der Waals surface area contributed by atoms with Crippen molar-refractivity contribution in [3.05, 3.63) is 424 Å². The molecule has 11 aromatic heterocycles. The van der Waals surface area contributed by atoms with Gasteiger partial charge in [0.05, 0.1) is 51.7 Å². The molecule has 0 atom stereocenters. The number of oxazole rings is 1. The van der Waals surface area contributed by atoms with Gasteiger partial charge >= 0.3 is 6.01 Å². The Hall–Kier alpha value is -15.4. The molecule has 0 bridgehead atoms. The van der Waals surface area contributed by atoms with Crippen molar-refractivity contribution in [2.24, 2.45) is 21.1 Å². The number of anilines is 12. The summed E-state index contributed by atoms with van der Waals surface area (Å²) in [5, 5.41) is 43.7. The second kappa shape index (κ2) is 46.4. The zero-order chi connectivity index (χ0) is 96.3. The molecule has 0 spiro atoms. The summed E-state index contributed by atoms with van der Waals surface area (Å²) in [6, 6.07) is 118. The van der Waals surface area contributed by atoms with Gasteiger partial charge in [0.25, 0.3) is 0 Å². The van der Waals surface area contributed by atoms with Gasteiger partial charge in [0, 0.05) is 176 Å². The third-order valence-corrected chi connectivity index (χ3v) is 23.2. The van der Waals surface area contributed by atoms with E-state index in [-0.39, 0.29) is 118 Å². The van der Waals surface area contributed by atoms with E-state index in [1.165, 1.54) is 11.1 Å². The molecule has 11 heterocycles. The first-order chi connectivity index (χ1) is 67.5. The summed E-state index contributed by atoms with van der Waals surface area (Å²) in [5.41, 5.74) is 15.6. The number of hydrogen-bond donors (Lipinski definition) is 4. The molecule has 0 aliphatic rings. The maximum absolute atomic E-state index is 10.6. The Morgan fingerprint density at radius 2 is 0.776 bits per heavy atom. The van der Waals surface area contributed by atoms with Crippen LogP contribution in [0.25, 0.3) is 101 Å². The molecule has 726 valence electrons. The number of phenols is 4. The van der Waals surface area contributed by atoms with Crippen LogP contribution in [0.5, 0.6) is 23.0 Å². The van der Waals surface area contributed by atoms with E-state index < -0.39 is 0 Å². The first-order valence-electron chi connectivity index (χ1n) is 45.3. The Morgan fingerprint density at radius 1 is 0.336 bits per heavy atom. The quantitative estimate of drug-likeness (QED) is 0.0517. The smallest absolute Gasteiger partial charge is 0.308 e. The molecule has 21 rings (SSSR count). The van der Waals surface area contributed by atoms with E-state index in [2.05, 4.69) is 97.8 Å². The molecular weight excluding hydrogens is 2510 g/mol. The van der Waals surface area contributed by atoms with Crippen molar-refractivity contribution in [3.8, 4) is 114 Å². The predicted octanol–water partition coefficient (Wildman–Crippen LogP) is 26.7. The third kappa shape index (κ3) is 23.3. The molecule has 0 unspecified atom stereocenters. The Bertz CT molecular complexity index is 7800.